The average Bonchev–Trinajstić information content (AvgIpc) is 3.17. The first-order valence-corrected chi connectivity index (χ1v) is 8.66. The molecule has 4 nitrogen and oxygen atoms in total. The molecule has 2 rings (SSSR count). The summed E-state index contributed by atoms with van der Waals surface area (Å²) in [4.78, 5) is 14.6. The molecule has 2 atom stereocenters. The van der Waals surface area contributed by atoms with Crippen LogP contribution in [-0.2, 0) is 9.53 Å². The Kier molecular flexibility index (Phi) is 6.06. The Labute approximate surface area is 129 Å². The van der Waals surface area contributed by atoms with E-state index >= 15 is 0 Å². The maximum Gasteiger partial charge on any atom is 0.325 e. The topological polar surface area (TPSA) is 41.6 Å². The Balaban J connectivity index is 1.68. The summed E-state index contributed by atoms with van der Waals surface area (Å²) in [5.74, 6) is 0.795. The number of rotatable bonds is 9. The molecule has 21 heavy (non-hydrogen) atoms. The van der Waals surface area contributed by atoms with Crippen molar-refractivity contribution >= 4 is 5.97 Å². The lowest BCUT2D eigenvalue weighted by atomic mass is 9.94. The van der Waals surface area contributed by atoms with Crippen LogP contribution in [0.2, 0.25) is 0 Å². The van der Waals surface area contributed by atoms with Crippen molar-refractivity contribution < 1.29 is 9.53 Å². The minimum absolute atomic E-state index is 0.110. The van der Waals surface area contributed by atoms with Crippen molar-refractivity contribution in [1.29, 1.82) is 0 Å². The van der Waals surface area contributed by atoms with Crippen LogP contribution in [0.4, 0.5) is 0 Å². The van der Waals surface area contributed by atoms with Gasteiger partial charge in [-0.2, -0.15) is 0 Å². The number of esters is 1. The van der Waals surface area contributed by atoms with Gasteiger partial charge in [0.05, 0.1) is 7.11 Å². The maximum absolute atomic E-state index is 12.0. The van der Waals surface area contributed by atoms with Crippen LogP contribution in [0.3, 0.4) is 0 Å². The Bertz CT molecular complexity index is 344. The van der Waals surface area contributed by atoms with Crippen LogP contribution in [0.1, 0.15) is 58.8 Å². The molecule has 2 unspecified atom stereocenters. The van der Waals surface area contributed by atoms with Crippen LogP contribution in [0.25, 0.3) is 0 Å². The summed E-state index contributed by atoms with van der Waals surface area (Å²) >= 11 is 0. The number of unbranched alkanes of at least 4 members (excludes halogenated alkanes) is 1. The molecule has 122 valence electrons. The smallest absolute Gasteiger partial charge is 0.325 e. The summed E-state index contributed by atoms with van der Waals surface area (Å²) in [6.07, 6.45) is 8.19. The van der Waals surface area contributed by atoms with Gasteiger partial charge in [-0.1, -0.05) is 13.3 Å². The zero-order valence-electron chi connectivity index (χ0n) is 14.0. The lowest BCUT2D eigenvalue weighted by molar-refractivity contribution is -0.148. The zero-order chi connectivity index (χ0) is 15.3. The molecule has 0 spiro atoms. The first-order valence-electron chi connectivity index (χ1n) is 8.66. The molecule has 0 amide bonds. The molecule has 1 saturated heterocycles. The number of nitrogens with one attached hydrogen (secondary N) is 1. The Morgan fingerprint density at radius 1 is 1.33 bits per heavy atom. The van der Waals surface area contributed by atoms with E-state index in [9.17, 15) is 4.79 Å². The molecule has 0 aromatic heterocycles. The number of hydrogen-bond donors (Lipinski definition) is 1. The van der Waals surface area contributed by atoms with Crippen LogP contribution >= 0.6 is 0 Å². The number of nitrogens with zero attached hydrogens (tertiary/aromatic N) is 1. The Morgan fingerprint density at radius 2 is 2.10 bits per heavy atom. The van der Waals surface area contributed by atoms with E-state index in [0.29, 0.717) is 6.04 Å². The minimum Gasteiger partial charge on any atom is -0.468 e. The number of hydrogen-bond acceptors (Lipinski definition) is 4. The molecule has 1 N–H and O–H groups in total. The zero-order valence-corrected chi connectivity index (χ0v) is 14.0. The van der Waals surface area contributed by atoms with Gasteiger partial charge < -0.3 is 9.64 Å². The second kappa shape index (κ2) is 7.59. The van der Waals surface area contributed by atoms with E-state index in [-0.39, 0.29) is 5.97 Å². The fraction of sp³-hybridized carbons (Fsp3) is 0.941. The van der Waals surface area contributed by atoms with Crippen molar-refractivity contribution in [3.05, 3.63) is 0 Å². The predicted molar refractivity (Wildman–Crippen MR) is 85.3 cm³/mol. The lowest BCUT2D eigenvalue weighted by Crippen LogP contribution is -2.51. The molecular weight excluding hydrogens is 264 g/mol. The largest absolute Gasteiger partial charge is 0.468 e. The van der Waals surface area contributed by atoms with Crippen molar-refractivity contribution in [3.8, 4) is 0 Å². The number of carbonyl (C=O) groups is 1. The first kappa shape index (κ1) is 16.8. The van der Waals surface area contributed by atoms with Crippen molar-refractivity contribution in [2.45, 2.75) is 70.4 Å². The highest BCUT2D eigenvalue weighted by Gasteiger charge is 2.38. The van der Waals surface area contributed by atoms with Gasteiger partial charge in [0.2, 0.25) is 0 Å². The summed E-state index contributed by atoms with van der Waals surface area (Å²) in [6, 6.07) is 0.526. The van der Waals surface area contributed by atoms with Gasteiger partial charge in [0, 0.05) is 12.6 Å². The Hall–Kier alpha value is -0.610. The molecule has 0 aromatic rings. The molecule has 0 bridgehead atoms. The second-order valence-electron chi connectivity index (χ2n) is 7.06. The van der Waals surface area contributed by atoms with E-state index < -0.39 is 5.54 Å². The van der Waals surface area contributed by atoms with E-state index in [0.717, 1.165) is 18.8 Å². The molecule has 0 radical (unpaired) electrons. The summed E-state index contributed by atoms with van der Waals surface area (Å²) in [5, 5.41) is 3.47. The van der Waals surface area contributed by atoms with Crippen molar-refractivity contribution in [2.75, 3.05) is 26.7 Å². The van der Waals surface area contributed by atoms with Crippen LogP contribution in [0.15, 0.2) is 0 Å². The highest BCUT2D eigenvalue weighted by molar-refractivity contribution is 5.80. The summed E-state index contributed by atoms with van der Waals surface area (Å²) in [5.41, 5.74) is -0.493. The molecular formula is C17H32N2O2. The van der Waals surface area contributed by atoms with Gasteiger partial charge in [-0.25, -0.2) is 0 Å². The van der Waals surface area contributed by atoms with Crippen LogP contribution in [0.5, 0.6) is 0 Å². The van der Waals surface area contributed by atoms with Crippen molar-refractivity contribution in [2.24, 2.45) is 5.92 Å². The SMILES string of the molecule is CCC1CCN(CCCCC(C)(NC2CC2)C(=O)OC)C1. The van der Waals surface area contributed by atoms with E-state index in [4.69, 9.17) is 4.74 Å². The van der Waals surface area contributed by atoms with Gasteiger partial charge in [-0.05, 0) is 64.5 Å². The van der Waals surface area contributed by atoms with Crippen LogP contribution in [0, 0.1) is 5.92 Å². The highest BCUT2D eigenvalue weighted by Crippen LogP contribution is 2.26. The molecule has 1 heterocycles. The van der Waals surface area contributed by atoms with E-state index in [1.54, 1.807) is 0 Å². The van der Waals surface area contributed by atoms with Crippen LogP contribution in [-0.4, -0.2) is 49.2 Å². The monoisotopic (exact) mass is 296 g/mol. The van der Waals surface area contributed by atoms with Crippen molar-refractivity contribution in [1.82, 2.24) is 10.2 Å². The van der Waals surface area contributed by atoms with E-state index in [2.05, 4.69) is 17.1 Å². The molecule has 4 heteroatoms. The number of ether oxygens (including phenoxy) is 1. The van der Waals surface area contributed by atoms with Gasteiger partial charge in [0.1, 0.15) is 5.54 Å². The first-order chi connectivity index (χ1) is 10.1. The standard InChI is InChI=1S/C17H32N2O2/c1-4-14-9-12-19(13-14)11-6-5-10-17(2,16(20)21-3)18-15-7-8-15/h14-15,18H,4-13H2,1-3H3. The van der Waals surface area contributed by atoms with Gasteiger partial charge >= 0.3 is 5.97 Å². The average molecular weight is 296 g/mol. The van der Waals surface area contributed by atoms with Gasteiger partial charge in [-0.15, -0.1) is 0 Å². The summed E-state index contributed by atoms with van der Waals surface area (Å²) < 4.78 is 4.99. The van der Waals surface area contributed by atoms with Gasteiger partial charge in [0.25, 0.3) is 0 Å². The molecule has 1 saturated carbocycles. The lowest BCUT2D eigenvalue weighted by Gasteiger charge is -2.28. The van der Waals surface area contributed by atoms with Crippen molar-refractivity contribution in [3.63, 3.8) is 0 Å². The Morgan fingerprint density at radius 3 is 2.67 bits per heavy atom. The number of carbonyl (C=O) groups excluding carboxylic acids is 1. The normalized spacial score (nSPS) is 25.8. The van der Waals surface area contributed by atoms with Gasteiger partial charge in [0.15, 0.2) is 0 Å². The highest BCUT2D eigenvalue weighted by atomic mass is 16.5. The molecule has 1 aliphatic carbocycles. The molecule has 2 fully saturated rings. The fourth-order valence-corrected chi connectivity index (χ4v) is 3.40. The quantitative estimate of drug-likeness (QED) is 0.524. The van der Waals surface area contributed by atoms with E-state index in [1.165, 1.54) is 58.8 Å². The van der Waals surface area contributed by atoms with E-state index in [1.807, 2.05) is 6.92 Å². The molecule has 2 aliphatic rings. The molecule has 1 aliphatic heterocycles. The second-order valence-corrected chi connectivity index (χ2v) is 7.06. The maximum atomic E-state index is 12.0. The third-order valence-corrected chi connectivity index (χ3v) is 5.08. The fourth-order valence-electron chi connectivity index (χ4n) is 3.40. The summed E-state index contributed by atoms with van der Waals surface area (Å²) in [6.45, 7) is 8.00. The van der Waals surface area contributed by atoms with Crippen LogP contribution < -0.4 is 5.32 Å². The third-order valence-electron chi connectivity index (χ3n) is 5.08. The summed E-state index contributed by atoms with van der Waals surface area (Å²) in [7, 11) is 1.49. The third kappa shape index (κ3) is 4.96. The van der Waals surface area contributed by atoms with Gasteiger partial charge in [-0.3, -0.25) is 10.1 Å². The predicted octanol–water partition coefficient (Wildman–Crippen LogP) is 2.57. The molecule has 0 aromatic carbocycles. The number of methoxy groups -OCH3 is 1. The minimum atomic E-state index is -0.493. The number of likely N-dealkylation sites (tertiary alicyclic amines) is 1.